The summed E-state index contributed by atoms with van der Waals surface area (Å²) in [6.07, 6.45) is 0. The summed E-state index contributed by atoms with van der Waals surface area (Å²) in [5.74, 6) is -0.251. The number of aliphatic hydroxyl groups excluding tert-OH is 1. The molecule has 0 radical (unpaired) electrons. The molecule has 1 fully saturated rings. The zero-order valence-electron chi connectivity index (χ0n) is 12.9. The van der Waals surface area contributed by atoms with Gasteiger partial charge in [-0.1, -0.05) is 6.07 Å². The number of benzene rings is 1. The number of aryl methyl sites for hydroxylation is 1. The van der Waals surface area contributed by atoms with Gasteiger partial charge in [0, 0.05) is 44.4 Å². The van der Waals surface area contributed by atoms with Crippen LogP contribution in [-0.4, -0.2) is 58.5 Å². The summed E-state index contributed by atoms with van der Waals surface area (Å²) in [6.45, 7) is 6.02. The Labute approximate surface area is 129 Å². The highest BCUT2D eigenvalue weighted by Gasteiger charge is 2.25. The van der Waals surface area contributed by atoms with Crippen molar-refractivity contribution in [3.8, 4) is 0 Å². The first-order chi connectivity index (χ1) is 10.4. The molecule has 7 nitrogen and oxygen atoms in total. The maximum absolute atomic E-state index is 11.5. The van der Waals surface area contributed by atoms with Gasteiger partial charge < -0.3 is 10.0 Å². The Hall–Kier alpha value is -1.99. The number of piperazine rings is 1. The SMILES string of the molecule is Cc1ccc([N+](=O)[O-])cc1C(C)N1CCN(C(=O)CO)CC1. The normalized spacial score (nSPS) is 17.3. The van der Waals surface area contributed by atoms with Crippen LogP contribution in [0.5, 0.6) is 0 Å². The van der Waals surface area contributed by atoms with Crippen LogP contribution >= 0.6 is 0 Å². The predicted molar refractivity (Wildman–Crippen MR) is 81.5 cm³/mol. The maximum Gasteiger partial charge on any atom is 0.269 e. The van der Waals surface area contributed by atoms with Gasteiger partial charge in [-0.25, -0.2) is 0 Å². The van der Waals surface area contributed by atoms with Crippen LogP contribution in [0.1, 0.15) is 24.1 Å². The number of hydrogen-bond acceptors (Lipinski definition) is 5. The van der Waals surface area contributed by atoms with Crippen LogP contribution < -0.4 is 0 Å². The summed E-state index contributed by atoms with van der Waals surface area (Å²) in [6, 6.07) is 4.97. The molecule has 7 heteroatoms. The van der Waals surface area contributed by atoms with Gasteiger partial charge in [-0.2, -0.15) is 0 Å². The fourth-order valence-corrected chi connectivity index (χ4v) is 2.85. The van der Waals surface area contributed by atoms with Crippen molar-refractivity contribution < 1.29 is 14.8 Å². The molecule has 1 heterocycles. The van der Waals surface area contributed by atoms with Crippen molar-refractivity contribution in [3.63, 3.8) is 0 Å². The number of amides is 1. The molecule has 1 amide bonds. The van der Waals surface area contributed by atoms with E-state index in [1.807, 2.05) is 13.8 Å². The Morgan fingerprint density at radius 3 is 2.55 bits per heavy atom. The number of aliphatic hydroxyl groups is 1. The Morgan fingerprint density at radius 2 is 2.00 bits per heavy atom. The lowest BCUT2D eigenvalue weighted by Crippen LogP contribution is -2.50. The van der Waals surface area contributed by atoms with E-state index in [0.717, 1.165) is 11.1 Å². The van der Waals surface area contributed by atoms with Crippen molar-refractivity contribution in [2.45, 2.75) is 19.9 Å². The molecule has 22 heavy (non-hydrogen) atoms. The van der Waals surface area contributed by atoms with Crippen molar-refractivity contribution in [2.24, 2.45) is 0 Å². The minimum absolute atomic E-state index is 0.0475. The molecule has 1 unspecified atom stereocenters. The fraction of sp³-hybridized carbons (Fsp3) is 0.533. The highest BCUT2D eigenvalue weighted by Crippen LogP contribution is 2.28. The first-order valence-corrected chi connectivity index (χ1v) is 7.31. The molecule has 1 aromatic carbocycles. The smallest absolute Gasteiger partial charge is 0.269 e. The fourth-order valence-electron chi connectivity index (χ4n) is 2.85. The predicted octanol–water partition coefficient (Wildman–Crippen LogP) is 1.10. The van der Waals surface area contributed by atoms with Crippen LogP contribution in [0.15, 0.2) is 18.2 Å². The van der Waals surface area contributed by atoms with E-state index in [9.17, 15) is 14.9 Å². The van der Waals surface area contributed by atoms with Gasteiger partial charge >= 0.3 is 0 Å². The minimum Gasteiger partial charge on any atom is -0.387 e. The van der Waals surface area contributed by atoms with Gasteiger partial charge in [0.25, 0.3) is 5.69 Å². The van der Waals surface area contributed by atoms with Crippen LogP contribution in [-0.2, 0) is 4.79 Å². The lowest BCUT2D eigenvalue weighted by Gasteiger charge is -2.38. The van der Waals surface area contributed by atoms with Crippen molar-refractivity contribution in [1.82, 2.24) is 9.80 Å². The second-order valence-electron chi connectivity index (χ2n) is 5.55. The average molecular weight is 307 g/mol. The second kappa shape index (κ2) is 6.85. The summed E-state index contributed by atoms with van der Waals surface area (Å²) < 4.78 is 0. The molecule has 0 saturated carbocycles. The van der Waals surface area contributed by atoms with Crippen molar-refractivity contribution in [3.05, 3.63) is 39.4 Å². The molecule has 1 atom stereocenters. The van der Waals surface area contributed by atoms with Crippen molar-refractivity contribution >= 4 is 11.6 Å². The first-order valence-electron chi connectivity index (χ1n) is 7.31. The van der Waals surface area contributed by atoms with Gasteiger partial charge in [-0.15, -0.1) is 0 Å². The third-order valence-corrected chi connectivity index (χ3v) is 4.27. The Kier molecular flexibility index (Phi) is 5.10. The monoisotopic (exact) mass is 307 g/mol. The highest BCUT2D eigenvalue weighted by molar-refractivity contribution is 5.77. The van der Waals surface area contributed by atoms with E-state index in [1.165, 1.54) is 6.07 Å². The number of non-ortho nitro benzene ring substituents is 1. The Balaban J connectivity index is 2.10. The third kappa shape index (κ3) is 3.42. The average Bonchev–Trinajstić information content (AvgIpc) is 2.53. The number of carbonyl (C=O) groups is 1. The molecule has 0 bridgehead atoms. The quantitative estimate of drug-likeness (QED) is 0.665. The molecule has 1 N–H and O–H groups in total. The highest BCUT2D eigenvalue weighted by atomic mass is 16.6. The largest absolute Gasteiger partial charge is 0.387 e. The molecule has 0 spiro atoms. The van der Waals surface area contributed by atoms with Gasteiger partial charge in [0.15, 0.2) is 0 Å². The maximum atomic E-state index is 11.5. The van der Waals surface area contributed by atoms with E-state index in [2.05, 4.69) is 4.90 Å². The molecule has 1 saturated heterocycles. The summed E-state index contributed by atoms with van der Waals surface area (Å²) in [5, 5.41) is 19.8. The summed E-state index contributed by atoms with van der Waals surface area (Å²) >= 11 is 0. The molecule has 1 aromatic rings. The number of nitro benzene ring substituents is 1. The summed E-state index contributed by atoms with van der Waals surface area (Å²) in [5.41, 5.74) is 2.06. The summed E-state index contributed by atoms with van der Waals surface area (Å²) in [7, 11) is 0. The lowest BCUT2D eigenvalue weighted by molar-refractivity contribution is -0.385. The van der Waals surface area contributed by atoms with Gasteiger partial charge in [0.1, 0.15) is 6.61 Å². The lowest BCUT2D eigenvalue weighted by atomic mass is 10.00. The number of rotatable bonds is 4. The molecule has 0 aromatic heterocycles. The van der Waals surface area contributed by atoms with Crippen LogP contribution in [0, 0.1) is 17.0 Å². The van der Waals surface area contributed by atoms with Gasteiger partial charge in [0.2, 0.25) is 5.91 Å². The van der Waals surface area contributed by atoms with Crippen molar-refractivity contribution in [1.29, 1.82) is 0 Å². The van der Waals surface area contributed by atoms with E-state index < -0.39 is 6.61 Å². The zero-order chi connectivity index (χ0) is 16.3. The van der Waals surface area contributed by atoms with Crippen LogP contribution in [0.4, 0.5) is 5.69 Å². The summed E-state index contributed by atoms with van der Waals surface area (Å²) in [4.78, 5) is 25.9. The zero-order valence-corrected chi connectivity index (χ0v) is 12.9. The minimum atomic E-state index is -0.459. The number of nitrogens with zero attached hydrogens (tertiary/aromatic N) is 3. The number of nitro groups is 1. The van der Waals surface area contributed by atoms with E-state index in [0.29, 0.717) is 26.2 Å². The van der Waals surface area contributed by atoms with E-state index in [4.69, 9.17) is 5.11 Å². The Morgan fingerprint density at radius 1 is 1.36 bits per heavy atom. The molecule has 0 aliphatic carbocycles. The third-order valence-electron chi connectivity index (χ3n) is 4.27. The van der Waals surface area contributed by atoms with Gasteiger partial charge in [0.05, 0.1) is 4.92 Å². The van der Waals surface area contributed by atoms with Crippen LogP contribution in [0.2, 0.25) is 0 Å². The molecule has 120 valence electrons. The Bertz CT molecular complexity index is 568. The van der Waals surface area contributed by atoms with Crippen molar-refractivity contribution in [2.75, 3.05) is 32.8 Å². The van der Waals surface area contributed by atoms with Gasteiger partial charge in [-0.05, 0) is 25.0 Å². The van der Waals surface area contributed by atoms with Crippen LogP contribution in [0.3, 0.4) is 0 Å². The second-order valence-corrected chi connectivity index (χ2v) is 5.55. The van der Waals surface area contributed by atoms with E-state index in [1.54, 1.807) is 17.0 Å². The number of hydrogen-bond donors (Lipinski definition) is 1. The van der Waals surface area contributed by atoms with E-state index >= 15 is 0 Å². The molecule has 1 aliphatic heterocycles. The standard InChI is InChI=1S/C15H21N3O4/c1-11-3-4-13(18(21)22)9-14(11)12(2)16-5-7-17(8-6-16)15(20)10-19/h3-4,9,12,19H,5-8,10H2,1-2H3. The van der Waals surface area contributed by atoms with E-state index in [-0.39, 0.29) is 22.6 Å². The molecule has 2 rings (SSSR count). The number of carbonyl (C=O) groups excluding carboxylic acids is 1. The topological polar surface area (TPSA) is 86.9 Å². The molecule has 1 aliphatic rings. The first kappa shape index (κ1) is 16.4. The van der Waals surface area contributed by atoms with Crippen LogP contribution in [0.25, 0.3) is 0 Å². The van der Waals surface area contributed by atoms with Gasteiger partial charge in [-0.3, -0.25) is 19.8 Å². The molecular formula is C15H21N3O4. The molecular weight excluding hydrogens is 286 g/mol.